The summed E-state index contributed by atoms with van der Waals surface area (Å²) in [4.78, 5) is 16.8. The molecule has 0 aromatic carbocycles. The van der Waals surface area contributed by atoms with Crippen LogP contribution in [0.5, 0.6) is 0 Å². The van der Waals surface area contributed by atoms with E-state index >= 15 is 0 Å². The molecule has 0 amide bonds. The highest BCUT2D eigenvalue weighted by Crippen LogP contribution is 2.27. The van der Waals surface area contributed by atoms with Gasteiger partial charge in [-0.1, -0.05) is 6.92 Å². The molecular weight excluding hydrogens is 282 g/mol. The maximum atomic E-state index is 4.59. The van der Waals surface area contributed by atoms with Gasteiger partial charge in [0.1, 0.15) is 0 Å². The SMILES string of the molecule is Cc1nc(Nc2ncccn2)sc1CN1CCC(C)CC1. The molecule has 112 valence electrons. The van der Waals surface area contributed by atoms with Gasteiger partial charge in [0.25, 0.3) is 0 Å². The Kier molecular flexibility index (Phi) is 4.45. The largest absolute Gasteiger partial charge is 0.300 e. The summed E-state index contributed by atoms with van der Waals surface area (Å²) in [5.41, 5.74) is 1.11. The summed E-state index contributed by atoms with van der Waals surface area (Å²) in [7, 11) is 0. The average molecular weight is 303 g/mol. The highest BCUT2D eigenvalue weighted by molar-refractivity contribution is 7.15. The van der Waals surface area contributed by atoms with E-state index in [1.54, 1.807) is 29.8 Å². The van der Waals surface area contributed by atoms with Crippen LogP contribution in [0.2, 0.25) is 0 Å². The predicted molar refractivity (Wildman–Crippen MR) is 85.8 cm³/mol. The van der Waals surface area contributed by atoms with Crippen molar-refractivity contribution < 1.29 is 0 Å². The molecule has 2 aromatic rings. The van der Waals surface area contributed by atoms with Gasteiger partial charge in [0.2, 0.25) is 5.95 Å². The van der Waals surface area contributed by atoms with Gasteiger partial charge >= 0.3 is 0 Å². The Morgan fingerprint density at radius 3 is 2.71 bits per heavy atom. The molecule has 5 nitrogen and oxygen atoms in total. The number of aromatic nitrogens is 3. The fourth-order valence-corrected chi connectivity index (χ4v) is 3.51. The van der Waals surface area contributed by atoms with Crippen LogP contribution in [0, 0.1) is 12.8 Å². The van der Waals surface area contributed by atoms with Crippen molar-refractivity contribution in [1.29, 1.82) is 0 Å². The average Bonchev–Trinajstić information content (AvgIpc) is 2.82. The molecule has 2 aromatic heterocycles. The molecule has 3 rings (SSSR count). The van der Waals surface area contributed by atoms with Crippen LogP contribution in [0.15, 0.2) is 18.5 Å². The molecule has 0 spiro atoms. The highest BCUT2D eigenvalue weighted by atomic mass is 32.1. The number of anilines is 2. The second-order valence-electron chi connectivity index (χ2n) is 5.68. The Hall–Kier alpha value is -1.53. The van der Waals surface area contributed by atoms with Gasteiger partial charge in [0.05, 0.1) is 5.69 Å². The van der Waals surface area contributed by atoms with Crippen LogP contribution in [0.25, 0.3) is 0 Å². The van der Waals surface area contributed by atoms with E-state index in [0.29, 0.717) is 5.95 Å². The molecule has 1 saturated heterocycles. The molecule has 0 atom stereocenters. The van der Waals surface area contributed by atoms with Gasteiger partial charge in [0, 0.05) is 23.8 Å². The van der Waals surface area contributed by atoms with Gasteiger partial charge < -0.3 is 5.32 Å². The normalized spacial score (nSPS) is 17.0. The van der Waals surface area contributed by atoms with Crippen LogP contribution in [0.1, 0.15) is 30.3 Å². The van der Waals surface area contributed by atoms with Gasteiger partial charge in [-0.05, 0) is 44.8 Å². The highest BCUT2D eigenvalue weighted by Gasteiger charge is 2.18. The first-order chi connectivity index (χ1) is 10.2. The summed E-state index contributed by atoms with van der Waals surface area (Å²) in [5.74, 6) is 1.47. The Morgan fingerprint density at radius 1 is 1.29 bits per heavy atom. The van der Waals surface area contributed by atoms with Crippen LogP contribution < -0.4 is 5.32 Å². The van der Waals surface area contributed by atoms with Gasteiger partial charge in [-0.3, -0.25) is 4.90 Å². The molecule has 0 unspecified atom stereocenters. The first kappa shape index (κ1) is 14.4. The van der Waals surface area contributed by atoms with Crippen molar-refractivity contribution in [3.8, 4) is 0 Å². The van der Waals surface area contributed by atoms with Crippen LogP contribution in [-0.2, 0) is 6.54 Å². The molecule has 3 heterocycles. The minimum atomic E-state index is 0.601. The van der Waals surface area contributed by atoms with E-state index in [0.717, 1.165) is 23.3 Å². The number of hydrogen-bond donors (Lipinski definition) is 1. The monoisotopic (exact) mass is 303 g/mol. The standard InChI is InChI=1S/C15H21N5S/c1-11-4-8-20(9-5-11)10-13-12(2)18-15(21-13)19-14-16-6-3-7-17-14/h3,6-7,11H,4-5,8-10H2,1-2H3,(H,16,17,18,19). The number of thiazole rings is 1. The lowest BCUT2D eigenvalue weighted by Crippen LogP contribution is -2.32. The summed E-state index contributed by atoms with van der Waals surface area (Å²) in [6, 6.07) is 1.81. The van der Waals surface area contributed by atoms with Crippen LogP contribution in [-0.4, -0.2) is 32.9 Å². The van der Waals surface area contributed by atoms with E-state index < -0.39 is 0 Å². The number of piperidine rings is 1. The molecule has 1 N–H and O–H groups in total. The zero-order chi connectivity index (χ0) is 14.7. The first-order valence-electron chi connectivity index (χ1n) is 7.43. The topological polar surface area (TPSA) is 53.9 Å². The van der Waals surface area contributed by atoms with Crippen molar-refractivity contribution in [3.05, 3.63) is 29.0 Å². The van der Waals surface area contributed by atoms with E-state index in [1.165, 1.54) is 30.8 Å². The van der Waals surface area contributed by atoms with E-state index in [2.05, 4.69) is 39.0 Å². The van der Waals surface area contributed by atoms with Crippen molar-refractivity contribution in [2.24, 2.45) is 5.92 Å². The molecule has 0 radical (unpaired) electrons. The van der Waals surface area contributed by atoms with Gasteiger partial charge in [-0.2, -0.15) is 0 Å². The van der Waals surface area contributed by atoms with E-state index in [-0.39, 0.29) is 0 Å². The summed E-state index contributed by atoms with van der Waals surface area (Å²) < 4.78 is 0. The summed E-state index contributed by atoms with van der Waals surface area (Å²) in [6.07, 6.45) is 6.07. The smallest absolute Gasteiger partial charge is 0.228 e. The van der Waals surface area contributed by atoms with Gasteiger partial charge in [-0.15, -0.1) is 11.3 Å². The maximum absolute atomic E-state index is 4.59. The number of likely N-dealkylation sites (tertiary alicyclic amines) is 1. The van der Waals surface area contributed by atoms with Crippen molar-refractivity contribution in [2.75, 3.05) is 18.4 Å². The molecular formula is C15H21N5S. The van der Waals surface area contributed by atoms with E-state index in [4.69, 9.17) is 0 Å². The van der Waals surface area contributed by atoms with Crippen LogP contribution in [0.4, 0.5) is 11.1 Å². The lowest BCUT2D eigenvalue weighted by Gasteiger charge is -2.29. The summed E-state index contributed by atoms with van der Waals surface area (Å²) in [6.45, 7) is 7.83. The lowest BCUT2D eigenvalue weighted by molar-refractivity contribution is 0.186. The Labute approximate surface area is 129 Å². The Balaban J connectivity index is 1.64. The zero-order valence-corrected chi connectivity index (χ0v) is 13.4. The van der Waals surface area contributed by atoms with E-state index in [1.807, 2.05) is 0 Å². The maximum Gasteiger partial charge on any atom is 0.228 e. The first-order valence-corrected chi connectivity index (χ1v) is 8.25. The van der Waals surface area contributed by atoms with Gasteiger partial charge in [0.15, 0.2) is 5.13 Å². The summed E-state index contributed by atoms with van der Waals surface area (Å²) >= 11 is 1.70. The van der Waals surface area contributed by atoms with Gasteiger partial charge in [-0.25, -0.2) is 15.0 Å². The molecule has 6 heteroatoms. The number of nitrogens with zero attached hydrogens (tertiary/aromatic N) is 4. The molecule has 21 heavy (non-hydrogen) atoms. The Morgan fingerprint density at radius 2 is 2.00 bits per heavy atom. The van der Waals surface area contributed by atoms with Crippen molar-refractivity contribution in [2.45, 2.75) is 33.2 Å². The number of nitrogens with one attached hydrogen (secondary N) is 1. The fraction of sp³-hybridized carbons (Fsp3) is 0.533. The van der Waals surface area contributed by atoms with Crippen LogP contribution >= 0.6 is 11.3 Å². The number of hydrogen-bond acceptors (Lipinski definition) is 6. The molecule has 1 aliphatic heterocycles. The molecule has 0 saturated carbocycles. The molecule has 0 aliphatic carbocycles. The minimum absolute atomic E-state index is 0.601. The second-order valence-corrected chi connectivity index (χ2v) is 6.77. The predicted octanol–water partition coefficient (Wildman–Crippen LogP) is 3.22. The second kappa shape index (κ2) is 6.49. The molecule has 1 fully saturated rings. The van der Waals surface area contributed by atoms with Crippen molar-refractivity contribution >= 4 is 22.4 Å². The number of rotatable bonds is 4. The third-order valence-electron chi connectivity index (χ3n) is 3.92. The molecule has 1 aliphatic rings. The fourth-order valence-electron chi connectivity index (χ4n) is 2.51. The quantitative estimate of drug-likeness (QED) is 0.940. The molecule has 0 bridgehead atoms. The van der Waals surface area contributed by atoms with E-state index in [9.17, 15) is 0 Å². The zero-order valence-electron chi connectivity index (χ0n) is 12.5. The van der Waals surface area contributed by atoms with Crippen LogP contribution in [0.3, 0.4) is 0 Å². The third kappa shape index (κ3) is 3.77. The lowest BCUT2D eigenvalue weighted by atomic mass is 9.99. The minimum Gasteiger partial charge on any atom is -0.300 e. The van der Waals surface area contributed by atoms with Crippen molar-refractivity contribution in [3.63, 3.8) is 0 Å². The number of aryl methyl sites for hydroxylation is 1. The van der Waals surface area contributed by atoms with Crippen molar-refractivity contribution in [1.82, 2.24) is 19.9 Å². The Bertz CT molecular complexity index is 575. The summed E-state index contributed by atoms with van der Waals surface area (Å²) in [5, 5.41) is 4.05. The third-order valence-corrected chi connectivity index (χ3v) is 4.98.